The summed E-state index contributed by atoms with van der Waals surface area (Å²) in [4.78, 5) is 10.8. The highest BCUT2D eigenvalue weighted by Gasteiger charge is 2.08. The van der Waals surface area contributed by atoms with Crippen LogP contribution in [0.15, 0.2) is 42.5 Å². The van der Waals surface area contributed by atoms with E-state index in [1.807, 2.05) is 6.07 Å². The van der Waals surface area contributed by atoms with Gasteiger partial charge in [0, 0.05) is 0 Å². The third-order valence-corrected chi connectivity index (χ3v) is 4.16. The van der Waals surface area contributed by atoms with Crippen molar-refractivity contribution >= 4 is 29.2 Å². The molecule has 0 heterocycles. The van der Waals surface area contributed by atoms with Crippen LogP contribution in [-0.4, -0.2) is 22.3 Å². The van der Waals surface area contributed by atoms with Gasteiger partial charge in [0.15, 0.2) is 0 Å². The van der Waals surface area contributed by atoms with E-state index in [1.54, 1.807) is 36.4 Å². The molecule has 0 aliphatic heterocycles. The van der Waals surface area contributed by atoms with Gasteiger partial charge in [0.25, 0.3) is 0 Å². The molecule has 3 nitrogen and oxygen atoms in total. The Balaban J connectivity index is 1.88. The van der Waals surface area contributed by atoms with Gasteiger partial charge in [0.05, 0.1) is 21.7 Å². The van der Waals surface area contributed by atoms with Crippen molar-refractivity contribution < 1.29 is 15.0 Å². The van der Waals surface area contributed by atoms with Crippen molar-refractivity contribution in [2.75, 3.05) is 0 Å². The highest BCUT2D eigenvalue weighted by molar-refractivity contribution is 6.42. The number of halogens is 2. The van der Waals surface area contributed by atoms with E-state index in [2.05, 4.69) is 0 Å². The van der Waals surface area contributed by atoms with E-state index in [0.29, 0.717) is 29.3 Å². The molecule has 22 heavy (non-hydrogen) atoms. The average Bonchev–Trinajstić information content (AvgIpc) is 2.49. The topological polar surface area (TPSA) is 57.5 Å². The molecule has 0 spiro atoms. The van der Waals surface area contributed by atoms with Gasteiger partial charge in [-0.2, -0.15) is 0 Å². The maximum atomic E-state index is 10.8. The zero-order chi connectivity index (χ0) is 16.1. The number of hydrogen-bond donors (Lipinski definition) is 2. The van der Waals surface area contributed by atoms with Gasteiger partial charge in [-0.1, -0.05) is 41.4 Å². The van der Waals surface area contributed by atoms with Crippen LogP contribution in [-0.2, 0) is 12.8 Å². The molecule has 2 N–H and O–H groups in total. The van der Waals surface area contributed by atoms with Gasteiger partial charge in [-0.15, -0.1) is 0 Å². The van der Waals surface area contributed by atoms with Crippen LogP contribution >= 0.6 is 23.2 Å². The van der Waals surface area contributed by atoms with Crippen molar-refractivity contribution in [1.29, 1.82) is 0 Å². The molecule has 0 saturated heterocycles. The van der Waals surface area contributed by atoms with Crippen molar-refractivity contribution in [1.82, 2.24) is 0 Å². The predicted octanol–water partition coefficient (Wildman–Crippen LogP) is 4.23. The van der Waals surface area contributed by atoms with E-state index >= 15 is 0 Å². The van der Waals surface area contributed by atoms with Gasteiger partial charge in [-0.25, -0.2) is 4.79 Å². The molecule has 0 saturated carbocycles. The molecule has 2 rings (SSSR count). The minimum Gasteiger partial charge on any atom is -0.478 e. The van der Waals surface area contributed by atoms with E-state index in [-0.39, 0.29) is 5.56 Å². The summed E-state index contributed by atoms with van der Waals surface area (Å²) in [6.07, 6.45) is 1.29. The molecule has 0 aromatic heterocycles. The number of benzene rings is 2. The van der Waals surface area contributed by atoms with Gasteiger partial charge in [0.2, 0.25) is 0 Å². The third kappa shape index (κ3) is 4.73. The Morgan fingerprint density at radius 3 is 2.23 bits per heavy atom. The highest BCUT2D eigenvalue weighted by atomic mass is 35.5. The predicted molar refractivity (Wildman–Crippen MR) is 87.9 cm³/mol. The number of aliphatic hydroxyl groups is 1. The van der Waals surface area contributed by atoms with Crippen LogP contribution < -0.4 is 0 Å². The molecule has 0 amide bonds. The summed E-state index contributed by atoms with van der Waals surface area (Å²) in [5.74, 6) is -0.939. The van der Waals surface area contributed by atoms with E-state index in [4.69, 9.17) is 28.3 Å². The minimum absolute atomic E-state index is 0.264. The summed E-state index contributed by atoms with van der Waals surface area (Å²) in [7, 11) is 0. The first-order valence-corrected chi connectivity index (χ1v) is 7.65. The number of aryl methyl sites for hydroxylation is 1. The van der Waals surface area contributed by atoms with Crippen LogP contribution in [0.4, 0.5) is 0 Å². The molecule has 0 radical (unpaired) electrons. The lowest BCUT2D eigenvalue weighted by atomic mass is 10.0. The number of carbonyl (C=O) groups is 1. The van der Waals surface area contributed by atoms with Crippen molar-refractivity contribution in [2.24, 2.45) is 0 Å². The molecule has 2 aromatic carbocycles. The highest BCUT2D eigenvalue weighted by Crippen LogP contribution is 2.23. The second kappa shape index (κ2) is 7.63. The van der Waals surface area contributed by atoms with Crippen LogP contribution in [0.5, 0.6) is 0 Å². The first kappa shape index (κ1) is 16.8. The number of aliphatic hydroxyl groups excluding tert-OH is 1. The van der Waals surface area contributed by atoms with Crippen molar-refractivity contribution in [3.63, 3.8) is 0 Å². The maximum absolute atomic E-state index is 10.8. The second-order valence-corrected chi connectivity index (χ2v) is 5.96. The molecule has 5 heteroatoms. The quantitative estimate of drug-likeness (QED) is 0.828. The monoisotopic (exact) mass is 338 g/mol. The average molecular weight is 339 g/mol. The zero-order valence-electron chi connectivity index (χ0n) is 11.8. The summed E-state index contributed by atoms with van der Waals surface area (Å²) in [6.45, 7) is 0. The van der Waals surface area contributed by atoms with Gasteiger partial charge >= 0.3 is 5.97 Å². The summed E-state index contributed by atoms with van der Waals surface area (Å²) in [5, 5.41) is 19.9. The molecule has 0 aliphatic carbocycles. The smallest absolute Gasteiger partial charge is 0.335 e. The number of rotatable bonds is 6. The Labute approximate surface area is 139 Å². The SMILES string of the molecule is O=C(O)c1ccc(CCC(O)Cc2ccc(Cl)c(Cl)c2)cc1. The number of hydrogen-bond acceptors (Lipinski definition) is 2. The Morgan fingerprint density at radius 1 is 1.00 bits per heavy atom. The summed E-state index contributed by atoms with van der Waals surface area (Å²) in [6, 6.07) is 12.0. The lowest BCUT2D eigenvalue weighted by Crippen LogP contribution is -2.11. The Hall–Kier alpha value is -1.55. The summed E-state index contributed by atoms with van der Waals surface area (Å²) < 4.78 is 0. The molecule has 2 aromatic rings. The fourth-order valence-corrected chi connectivity index (χ4v) is 2.51. The van der Waals surface area contributed by atoms with Crippen LogP contribution in [0.2, 0.25) is 10.0 Å². The van der Waals surface area contributed by atoms with Gasteiger partial charge in [0.1, 0.15) is 0 Å². The Kier molecular flexibility index (Phi) is 5.83. The third-order valence-electron chi connectivity index (χ3n) is 3.42. The van der Waals surface area contributed by atoms with E-state index < -0.39 is 12.1 Å². The summed E-state index contributed by atoms with van der Waals surface area (Å²) >= 11 is 11.8. The van der Waals surface area contributed by atoms with E-state index in [0.717, 1.165) is 11.1 Å². The first-order valence-electron chi connectivity index (χ1n) is 6.90. The standard InChI is InChI=1S/C17H16Cl2O3/c18-15-8-4-12(10-16(15)19)9-14(20)7-3-11-1-5-13(6-2-11)17(21)22/h1-2,4-6,8,10,14,20H,3,7,9H2,(H,21,22). The molecule has 0 bridgehead atoms. The molecule has 0 fully saturated rings. The van der Waals surface area contributed by atoms with E-state index in [9.17, 15) is 9.90 Å². The first-order chi connectivity index (χ1) is 10.5. The molecule has 0 aliphatic rings. The van der Waals surface area contributed by atoms with Gasteiger partial charge in [-0.3, -0.25) is 0 Å². The number of aromatic carboxylic acids is 1. The van der Waals surface area contributed by atoms with Crippen molar-refractivity contribution in [2.45, 2.75) is 25.4 Å². The normalized spacial score (nSPS) is 12.1. The summed E-state index contributed by atoms with van der Waals surface area (Å²) in [5.41, 5.74) is 2.20. The molecular weight excluding hydrogens is 323 g/mol. The minimum atomic E-state index is -0.939. The van der Waals surface area contributed by atoms with Crippen molar-refractivity contribution in [3.05, 3.63) is 69.2 Å². The van der Waals surface area contributed by atoms with Crippen LogP contribution in [0.1, 0.15) is 27.9 Å². The molecular formula is C17H16Cl2O3. The second-order valence-electron chi connectivity index (χ2n) is 5.15. The molecule has 1 atom stereocenters. The fraction of sp³-hybridized carbons (Fsp3) is 0.235. The number of carboxylic acid groups (broad SMARTS) is 1. The fourth-order valence-electron chi connectivity index (χ4n) is 2.19. The zero-order valence-corrected chi connectivity index (χ0v) is 13.3. The Morgan fingerprint density at radius 2 is 1.64 bits per heavy atom. The number of carboxylic acids is 1. The lowest BCUT2D eigenvalue weighted by Gasteiger charge is -2.11. The van der Waals surface area contributed by atoms with Crippen LogP contribution in [0.3, 0.4) is 0 Å². The lowest BCUT2D eigenvalue weighted by molar-refractivity contribution is 0.0697. The largest absolute Gasteiger partial charge is 0.478 e. The van der Waals surface area contributed by atoms with Gasteiger partial charge < -0.3 is 10.2 Å². The molecule has 1 unspecified atom stereocenters. The molecule has 116 valence electrons. The Bertz CT molecular complexity index is 653. The van der Waals surface area contributed by atoms with Crippen molar-refractivity contribution in [3.8, 4) is 0 Å². The van der Waals surface area contributed by atoms with Crippen LogP contribution in [0, 0.1) is 0 Å². The van der Waals surface area contributed by atoms with Gasteiger partial charge in [-0.05, 0) is 54.7 Å². The van der Waals surface area contributed by atoms with E-state index in [1.165, 1.54) is 0 Å². The van der Waals surface area contributed by atoms with Crippen LogP contribution in [0.25, 0.3) is 0 Å². The maximum Gasteiger partial charge on any atom is 0.335 e.